The number of halogens is 1. The molecule has 0 atom stereocenters. The van der Waals surface area contributed by atoms with Gasteiger partial charge in [-0.3, -0.25) is 0 Å². The monoisotopic (exact) mass is 274 g/mol. The molecule has 18 heavy (non-hydrogen) atoms. The number of rotatable bonds is 6. The molecule has 0 aromatic heterocycles. The van der Waals surface area contributed by atoms with Crippen LogP contribution in [0.2, 0.25) is 0 Å². The van der Waals surface area contributed by atoms with E-state index in [9.17, 15) is 12.8 Å². The average Bonchev–Trinajstić information content (AvgIpc) is 2.26. The first-order valence-corrected chi connectivity index (χ1v) is 7.36. The van der Waals surface area contributed by atoms with E-state index in [1.807, 2.05) is 6.92 Å². The van der Waals surface area contributed by atoms with Gasteiger partial charge in [0.15, 0.2) is 0 Å². The molecule has 0 saturated heterocycles. The summed E-state index contributed by atoms with van der Waals surface area (Å²) < 4.78 is 39.8. The smallest absolute Gasteiger partial charge is 0.243 e. The molecule has 2 N–H and O–H groups in total. The molecule has 0 bridgehead atoms. The molecule has 1 aromatic carbocycles. The van der Waals surface area contributed by atoms with Gasteiger partial charge < -0.3 is 5.32 Å². The van der Waals surface area contributed by atoms with Crippen molar-refractivity contribution in [3.8, 4) is 0 Å². The van der Waals surface area contributed by atoms with E-state index in [1.165, 1.54) is 12.1 Å². The predicted octanol–water partition coefficient (Wildman–Crippen LogP) is 1.62. The summed E-state index contributed by atoms with van der Waals surface area (Å²) in [5, 5.41) is 3.07. The zero-order chi connectivity index (χ0) is 13.8. The Balaban J connectivity index is 3.07. The molecule has 0 radical (unpaired) electrons. The number of nitrogens with one attached hydrogen (secondary N) is 2. The van der Waals surface area contributed by atoms with Crippen LogP contribution in [0.5, 0.6) is 0 Å². The summed E-state index contributed by atoms with van der Waals surface area (Å²) in [5.41, 5.74) is 0.738. The van der Waals surface area contributed by atoms with E-state index in [1.54, 1.807) is 19.9 Å². The Hall–Kier alpha value is -0.980. The maximum absolute atomic E-state index is 13.6. The van der Waals surface area contributed by atoms with E-state index in [2.05, 4.69) is 10.0 Å². The van der Waals surface area contributed by atoms with Gasteiger partial charge in [-0.15, -0.1) is 0 Å². The Morgan fingerprint density at radius 1 is 1.33 bits per heavy atom. The quantitative estimate of drug-likeness (QED) is 0.829. The summed E-state index contributed by atoms with van der Waals surface area (Å²) in [6.07, 6.45) is 0. The Bertz CT molecular complexity index is 501. The van der Waals surface area contributed by atoms with Gasteiger partial charge >= 0.3 is 0 Å². The summed E-state index contributed by atoms with van der Waals surface area (Å²) in [5.74, 6) is -0.733. The van der Waals surface area contributed by atoms with Gasteiger partial charge in [0, 0.05) is 12.6 Å². The van der Waals surface area contributed by atoms with Gasteiger partial charge in [-0.1, -0.05) is 13.0 Å². The van der Waals surface area contributed by atoms with Crippen LogP contribution in [0, 0.1) is 5.82 Å². The lowest BCUT2D eigenvalue weighted by Gasteiger charge is -2.11. The minimum atomic E-state index is -3.79. The van der Waals surface area contributed by atoms with Crippen LogP contribution in [-0.2, 0) is 16.6 Å². The highest BCUT2D eigenvalue weighted by atomic mass is 32.2. The summed E-state index contributed by atoms with van der Waals surface area (Å²) in [7, 11) is -3.79. The number of hydrogen-bond acceptors (Lipinski definition) is 3. The van der Waals surface area contributed by atoms with Crippen LogP contribution >= 0.6 is 0 Å². The first kappa shape index (κ1) is 15.1. The molecule has 0 aliphatic heterocycles. The molecule has 0 aliphatic carbocycles. The van der Waals surface area contributed by atoms with Crippen LogP contribution in [0.1, 0.15) is 26.3 Å². The standard InChI is InChI=1S/C12H19FN2O2S/c1-4-14-8-10-5-6-11(13)12(7-10)18(16,17)15-9(2)3/h5-7,9,14-15H,4,8H2,1-3H3. The Labute approximate surface area is 108 Å². The van der Waals surface area contributed by atoms with Gasteiger partial charge in [0.2, 0.25) is 10.0 Å². The van der Waals surface area contributed by atoms with E-state index < -0.39 is 15.8 Å². The largest absolute Gasteiger partial charge is 0.313 e. The first-order valence-electron chi connectivity index (χ1n) is 5.88. The zero-order valence-electron chi connectivity index (χ0n) is 10.8. The van der Waals surface area contributed by atoms with Gasteiger partial charge in [0.1, 0.15) is 10.7 Å². The summed E-state index contributed by atoms with van der Waals surface area (Å²) >= 11 is 0. The second-order valence-corrected chi connectivity index (χ2v) is 6.00. The molecule has 0 heterocycles. The van der Waals surface area contributed by atoms with Crippen LogP contribution < -0.4 is 10.0 Å². The molecule has 0 amide bonds. The Morgan fingerprint density at radius 2 is 2.00 bits per heavy atom. The van der Waals surface area contributed by atoms with Crippen LogP contribution in [-0.4, -0.2) is 21.0 Å². The zero-order valence-corrected chi connectivity index (χ0v) is 11.6. The van der Waals surface area contributed by atoms with Crippen molar-refractivity contribution in [1.82, 2.24) is 10.0 Å². The minimum absolute atomic E-state index is 0.271. The van der Waals surface area contributed by atoms with Crippen molar-refractivity contribution >= 4 is 10.0 Å². The second kappa shape index (κ2) is 6.26. The third-order valence-corrected chi connectivity index (χ3v) is 3.93. The number of sulfonamides is 1. The average molecular weight is 274 g/mol. The highest BCUT2D eigenvalue weighted by molar-refractivity contribution is 7.89. The van der Waals surface area contributed by atoms with Crippen LogP contribution in [0.25, 0.3) is 0 Å². The van der Waals surface area contributed by atoms with Crippen molar-refractivity contribution in [3.63, 3.8) is 0 Å². The predicted molar refractivity (Wildman–Crippen MR) is 69.2 cm³/mol. The molecule has 0 aliphatic rings. The fraction of sp³-hybridized carbons (Fsp3) is 0.500. The molecule has 0 saturated carbocycles. The van der Waals surface area contributed by atoms with E-state index >= 15 is 0 Å². The van der Waals surface area contributed by atoms with Crippen LogP contribution in [0.15, 0.2) is 23.1 Å². The Morgan fingerprint density at radius 3 is 2.56 bits per heavy atom. The molecule has 0 fully saturated rings. The molecule has 6 heteroatoms. The van der Waals surface area contributed by atoms with Crippen molar-refractivity contribution < 1.29 is 12.8 Å². The van der Waals surface area contributed by atoms with Gasteiger partial charge in [0.05, 0.1) is 0 Å². The fourth-order valence-electron chi connectivity index (χ4n) is 1.51. The normalized spacial score (nSPS) is 12.1. The van der Waals surface area contributed by atoms with Gasteiger partial charge in [-0.25, -0.2) is 17.5 Å². The van der Waals surface area contributed by atoms with Crippen LogP contribution in [0.3, 0.4) is 0 Å². The van der Waals surface area contributed by atoms with Crippen molar-refractivity contribution in [2.75, 3.05) is 6.54 Å². The fourth-order valence-corrected chi connectivity index (χ4v) is 2.89. The molecule has 1 aromatic rings. The van der Waals surface area contributed by atoms with Crippen molar-refractivity contribution in [2.24, 2.45) is 0 Å². The second-order valence-electron chi connectivity index (χ2n) is 4.32. The van der Waals surface area contributed by atoms with E-state index in [-0.39, 0.29) is 10.9 Å². The van der Waals surface area contributed by atoms with Gasteiger partial charge in [-0.05, 0) is 38.1 Å². The van der Waals surface area contributed by atoms with Crippen molar-refractivity contribution in [2.45, 2.75) is 38.3 Å². The molecule has 0 spiro atoms. The molecule has 4 nitrogen and oxygen atoms in total. The molecule has 102 valence electrons. The lowest BCUT2D eigenvalue weighted by molar-refractivity contribution is 0.548. The van der Waals surface area contributed by atoms with E-state index in [4.69, 9.17) is 0 Å². The highest BCUT2D eigenvalue weighted by Crippen LogP contribution is 2.16. The molecular formula is C12H19FN2O2S. The van der Waals surface area contributed by atoms with Crippen LogP contribution in [0.4, 0.5) is 4.39 Å². The minimum Gasteiger partial charge on any atom is -0.313 e. The van der Waals surface area contributed by atoms with E-state index in [0.717, 1.165) is 12.1 Å². The van der Waals surface area contributed by atoms with Crippen molar-refractivity contribution in [3.05, 3.63) is 29.6 Å². The maximum Gasteiger partial charge on any atom is 0.243 e. The molecule has 1 rings (SSSR count). The third kappa shape index (κ3) is 4.04. The van der Waals surface area contributed by atoms with Gasteiger partial charge in [-0.2, -0.15) is 0 Å². The summed E-state index contributed by atoms with van der Waals surface area (Å²) in [6, 6.07) is 3.85. The van der Waals surface area contributed by atoms with Crippen molar-refractivity contribution in [1.29, 1.82) is 0 Å². The van der Waals surface area contributed by atoms with E-state index in [0.29, 0.717) is 6.54 Å². The summed E-state index contributed by atoms with van der Waals surface area (Å²) in [4.78, 5) is -0.299. The third-order valence-electron chi connectivity index (χ3n) is 2.26. The summed E-state index contributed by atoms with van der Waals surface area (Å²) in [6.45, 7) is 6.61. The lowest BCUT2D eigenvalue weighted by atomic mass is 10.2. The lowest BCUT2D eigenvalue weighted by Crippen LogP contribution is -2.31. The first-order chi connectivity index (χ1) is 8.36. The molecular weight excluding hydrogens is 255 g/mol. The number of benzene rings is 1. The molecule has 0 unspecified atom stereocenters. The van der Waals surface area contributed by atoms with Gasteiger partial charge in [0.25, 0.3) is 0 Å². The number of hydrogen-bond donors (Lipinski definition) is 2. The SMILES string of the molecule is CCNCc1ccc(F)c(S(=O)(=O)NC(C)C)c1. The Kier molecular flexibility index (Phi) is 5.25. The maximum atomic E-state index is 13.6. The highest BCUT2D eigenvalue weighted by Gasteiger charge is 2.20. The topological polar surface area (TPSA) is 58.2 Å².